The molecule has 10 aromatic rings. The highest BCUT2D eigenvalue weighted by Crippen LogP contribution is 2.46. The van der Waals surface area contributed by atoms with Crippen LogP contribution in [0.25, 0.3) is 132 Å². The van der Waals surface area contributed by atoms with E-state index in [4.69, 9.17) is 15.0 Å². The van der Waals surface area contributed by atoms with Crippen LogP contribution in [0, 0.1) is 48.5 Å². The number of benzene rings is 3. The first kappa shape index (κ1) is 53.8. The Bertz CT molecular complexity index is 4910. The summed E-state index contributed by atoms with van der Waals surface area (Å²) in [4.78, 5) is 36.8. The number of H-pyrrole nitrogens is 5. The maximum atomic E-state index is 5.72. The molecule has 8 nitrogen and oxygen atoms in total. The molecule has 5 N–H and O–H groups in total. The van der Waals surface area contributed by atoms with E-state index in [1.807, 2.05) is 0 Å². The summed E-state index contributed by atoms with van der Waals surface area (Å²) in [5.41, 5.74) is 41.8. The zero-order valence-corrected chi connectivity index (χ0v) is 51.6. The van der Waals surface area contributed by atoms with E-state index in [0.717, 1.165) is 155 Å². The first-order chi connectivity index (χ1) is 40.0. The molecule has 0 radical (unpaired) electrons. The monoisotopic (exact) mass is 1090 g/mol. The molecule has 0 unspecified atom stereocenters. The molecule has 3 aromatic carbocycles. The second-order valence-corrected chi connectivity index (χ2v) is 23.8. The molecule has 0 saturated heterocycles. The van der Waals surface area contributed by atoms with Crippen LogP contribution in [0.1, 0.15) is 171 Å². The average molecular weight is 1090 g/mol. The molecule has 10 heterocycles. The minimum atomic E-state index is 0.898. The number of nitrogens with zero attached hydrogens (tertiary/aromatic N) is 3. The third-order valence-electron chi connectivity index (χ3n) is 19.8. The van der Waals surface area contributed by atoms with Crippen molar-refractivity contribution < 1.29 is 0 Å². The van der Waals surface area contributed by atoms with Gasteiger partial charge in [0, 0.05) is 44.2 Å². The summed E-state index contributed by atoms with van der Waals surface area (Å²) < 4.78 is 0. The van der Waals surface area contributed by atoms with E-state index in [-0.39, 0.29) is 0 Å². The Labute approximate surface area is 487 Å². The van der Waals surface area contributed by atoms with E-state index in [2.05, 4.69) is 215 Å². The van der Waals surface area contributed by atoms with Gasteiger partial charge in [-0.3, -0.25) is 0 Å². The van der Waals surface area contributed by atoms with Gasteiger partial charge >= 0.3 is 0 Å². The molecule has 0 saturated carbocycles. The number of aromatic amines is 5. The van der Waals surface area contributed by atoms with Gasteiger partial charge in [-0.25, -0.2) is 15.0 Å². The van der Waals surface area contributed by atoms with Crippen molar-refractivity contribution >= 4 is 110 Å². The number of allylic oxidation sites excluding steroid dienone is 6. The van der Waals surface area contributed by atoms with Crippen LogP contribution >= 0.6 is 0 Å². The largest absolute Gasteiger partial charge is 0.355 e. The van der Waals surface area contributed by atoms with Gasteiger partial charge in [-0.2, -0.15) is 0 Å². The Morgan fingerprint density at radius 3 is 1.34 bits per heavy atom. The predicted molar refractivity (Wildman–Crippen MR) is 356 cm³/mol. The molecule has 83 heavy (non-hydrogen) atoms. The van der Waals surface area contributed by atoms with E-state index < -0.39 is 0 Å². The van der Waals surface area contributed by atoms with Crippen molar-refractivity contribution in [3.8, 4) is 22.3 Å². The summed E-state index contributed by atoms with van der Waals surface area (Å²) in [6.45, 7) is 36.3. The molecule has 0 aliphatic carbocycles. The molecule has 0 atom stereocenters. The smallest absolute Gasteiger partial charge is 0.0910 e. The number of aryl methyl sites for hydroxylation is 10. The number of hydrogen-bond donors (Lipinski definition) is 5. The SMILES string of the molecule is CCC1=C(C)c2cc3[nH]c(c(C)c3C)c(-c3cccc4cc5cccc(-c6c7[nH]c(cc8nc(c9[nH]c(cc%10[nH]c6c(C)c%10C)c(CC)c9CC)C(CC)=C8CC)c(C)c7C)c5cc34)c3nc(cc4[nH]c(cc1n2)c(CC)c4C)C(C)=C3C. The number of nitrogens with one attached hydrogen (secondary N) is 5. The highest BCUT2D eigenvalue weighted by atomic mass is 14.8. The first-order valence-corrected chi connectivity index (χ1v) is 30.5. The zero-order valence-electron chi connectivity index (χ0n) is 51.6. The quantitative estimate of drug-likeness (QED) is 0.0976. The van der Waals surface area contributed by atoms with Crippen LogP contribution in [0.15, 0.2) is 78.9 Å². The second kappa shape index (κ2) is 20.1. The molecule has 16 bridgehead atoms. The standard InChI is InChI=1S/C75H78N8/c1-17-48-44(15)62-31-58-36(7)40(11)70(78-58)68(71-41(12)37(8)59(79-71)32-63-45(16)49(18-2)65(77-63)35-64(48)76-62)54-27-23-25-46-29-47-26-24-28-55(57(47)30-56(46)54)69-72-42(13)38(9)60(80-72)33-66-50(19-3)52(21-5)74(82-66)75-53(22-6)51(20-4)67(83-75)34-61-39(10)43(14)73(69)81-61/h23-35,76,79-82H,17-22H2,1-16H3. The molecule has 0 spiro atoms. The summed E-state index contributed by atoms with van der Waals surface area (Å²) in [6.07, 6.45) is 5.47. The van der Waals surface area contributed by atoms with E-state index in [9.17, 15) is 0 Å². The Morgan fingerprint density at radius 2 is 0.771 bits per heavy atom. The maximum absolute atomic E-state index is 5.72. The Kier molecular flexibility index (Phi) is 13.1. The highest BCUT2D eigenvalue weighted by Gasteiger charge is 2.27. The lowest BCUT2D eigenvalue weighted by Gasteiger charge is -2.15. The van der Waals surface area contributed by atoms with Crippen LogP contribution in [0.3, 0.4) is 0 Å². The van der Waals surface area contributed by atoms with Crippen LogP contribution in [0.4, 0.5) is 0 Å². The van der Waals surface area contributed by atoms with Crippen LogP contribution < -0.4 is 0 Å². The summed E-state index contributed by atoms with van der Waals surface area (Å²) in [5.74, 6) is 0. The minimum Gasteiger partial charge on any atom is -0.355 e. The molecule has 3 aliphatic rings. The van der Waals surface area contributed by atoms with Gasteiger partial charge in [-0.15, -0.1) is 0 Å². The summed E-state index contributed by atoms with van der Waals surface area (Å²) in [6, 6.07) is 30.1. The van der Waals surface area contributed by atoms with Gasteiger partial charge in [0.15, 0.2) is 0 Å². The lowest BCUT2D eigenvalue weighted by atomic mass is 9.89. The van der Waals surface area contributed by atoms with Crippen molar-refractivity contribution in [2.45, 2.75) is 149 Å². The lowest BCUT2D eigenvalue weighted by molar-refractivity contribution is 1.07. The van der Waals surface area contributed by atoms with Crippen molar-refractivity contribution in [1.29, 1.82) is 0 Å². The summed E-state index contributed by atoms with van der Waals surface area (Å²) in [7, 11) is 0. The zero-order chi connectivity index (χ0) is 58.2. The lowest BCUT2D eigenvalue weighted by Crippen LogP contribution is -1.92. The Morgan fingerprint density at radius 1 is 0.313 bits per heavy atom. The minimum absolute atomic E-state index is 0.898. The van der Waals surface area contributed by atoms with E-state index in [1.54, 1.807) is 0 Å². The third-order valence-corrected chi connectivity index (χ3v) is 19.8. The van der Waals surface area contributed by atoms with E-state index in [1.165, 1.54) is 105 Å². The Hall–Kier alpha value is -8.49. The number of rotatable bonds is 8. The fraction of sp³-hybridized carbons (Fsp3) is 0.293. The molecule has 7 aromatic heterocycles. The maximum Gasteiger partial charge on any atom is 0.0910 e. The molecule has 13 rings (SSSR count). The number of fused-ring (bicyclic) bond motifs is 19. The van der Waals surface area contributed by atoms with Crippen molar-refractivity contribution in [2.24, 2.45) is 0 Å². The van der Waals surface area contributed by atoms with Gasteiger partial charge in [0.2, 0.25) is 0 Å². The van der Waals surface area contributed by atoms with Crippen LogP contribution in [0.5, 0.6) is 0 Å². The normalized spacial score (nSPS) is 13.4. The Balaban J connectivity index is 1.16. The number of aromatic nitrogens is 8. The van der Waals surface area contributed by atoms with Crippen LogP contribution in [-0.2, 0) is 19.3 Å². The molecule has 418 valence electrons. The van der Waals surface area contributed by atoms with Gasteiger partial charge < -0.3 is 24.9 Å². The van der Waals surface area contributed by atoms with Crippen molar-refractivity contribution in [2.75, 3.05) is 0 Å². The van der Waals surface area contributed by atoms with E-state index in [0.29, 0.717) is 0 Å². The first-order valence-electron chi connectivity index (χ1n) is 30.5. The predicted octanol–water partition coefficient (Wildman–Crippen LogP) is 20.7. The molecule has 0 fully saturated rings. The topological polar surface area (TPSA) is 118 Å². The van der Waals surface area contributed by atoms with Gasteiger partial charge in [-0.05, 0) is 272 Å². The summed E-state index contributed by atoms with van der Waals surface area (Å²) >= 11 is 0. The van der Waals surface area contributed by atoms with Gasteiger partial charge in [0.25, 0.3) is 0 Å². The number of hydrogen-bond acceptors (Lipinski definition) is 3. The van der Waals surface area contributed by atoms with Gasteiger partial charge in [0.05, 0.1) is 56.2 Å². The fourth-order valence-electron chi connectivity index (χ4n) is 14.4. The van der Waals surface area contributed by atoms with Gasteiger partial charge in [0.1, 0.15) is 0 Å². The molecular weight excluding hydrogens is 1010 g/mol. The van der Waals surface area contributed by atoms with Crippen LogP contribution in [0.2, 0.25) is 0 Å². The molecule has 0 amide bonds. The molecule has 8 heteroatoms. The average Bonchev–Trinajstić information content (AvgIpc) is 4.55. The van der Waals surface area contributed by atoms with E-state index >= 15 is 0 Å². The van der Waals surface area contributed by atoms with Crippen molar-refractivity contribution in [1.82, 2.24) is 39.9 Å². The van der Waals surface area contributed by atoms with Crippen LogP contribution in [-0.4, -0.2) is 39.9 Å². The fourth-order valence-corrected chi connectivity index (χ4v) is 14.4. The highest BCUT2D eigenvalue weighted by molar-refractivity contribution is 6.15. The molecule has 3 aliphatic heterocycles. The summed E-state index contributed by atoms with van der Waals surface area (Å²) in [5, 5.41) is 4.69. The van der Waals surface area contributed by atoms with Crippen molar-refractivity contribution in [3.63, 3.8) is 0 Å². The second-order valence-electron chi connectivity index (χ2n) is 23.8. The van der Waals surface area contributed by atoms with Crippen molar-refractivity contribution in [3.05, 3.63) is 169 Å². The van der Waals surface area contributed by atoms with Gasteiger partial charge in [-0.1, -0.05) is 77.9 Å². The third kappa shape index (κ3) is 8.09. The molecular formula is C75H78N8.